The van der Waals surface area contributed by atoms with Gasteiger partial charge in [0.05, 0.1) is 12.2 Å². The first-order valence-electron chi connectivity index (χ1n) is 16.4. The zero-order valence-electron chi connectivity index (χ0n) is 27.5. The van der Waals surface area contributed by atoms with Crippen molar-refractivity contribution in [2.24, 2.45) is 0 Å². The van der Waals surface area contributed by atoms with Crippen LogP contribution in [0.3, 0.4) is 0 Å². The van der Waals surface area contributed by atoms with Crippen LogP contribution >= 0.6 is 0 Å². The van der Waals surface area contributed by atoms with E-state index in [-0.39, 0.29) is 0 Å². The Balaban J connectivity index is 1.25. The first-order chi connectivity index (χ1) is 24.1. The molecule has 1 aromatic heterocycles. The highest BCUT2D eigenvalue weighted by Crippen LogP contribution is 2.43. The number of hydrogen-bond donors (Lipinski definition) is 0. The molecule has 0 spiro atoms. The van der Waals surface area contributed by atoms with E-state index in [2.05, 4.69) is 129 Å². The number of nitrogens with zero attached hydrogens (tertiary/aromatic N) is 4. The summed E-state index contributed by atoms with van der Waals surface area (Å²) in [6.07, 6.45) is 2.02. The van der Waals surface area contributed by atoms with Gasteiger partial charge in [-0.25, -0.2) is 0 Å². The number of rotatable bonds is 9. The van der Waals surface area contributed by atoms with Crippen molar-refractivity contribution in [2.75, 3.05) is 19.0 Å². The predicted octanol–water partition coefficient (Wildman–Crippen LogP) is 10.8. The van der Waals surface area contributed by atoms with Gasteiger partial charge in [-0.1, -0.05) is 121 Å². The van der Waals surface area contributed by atoms with Gasteiger partial charge in [0.15, 0.2) is 12.3 Å². The molecule has 0 saturated carbocycles. The van der Waals surface area contributed by atoms with Gasteiger partial charge in [-0.15, -0.1) is 25.5 Å². The number of hydrogen-bond acceptors (Lipinski definition) is 3. The summed E-state index contributed by atoms with van der Waals surface area (Å²) in [5, 5.41) is 8.65. The van der Waals surface area contributed by atoms with Crippen LogP contribution in [0.5, 0.6) is 5.75 Å². The van der Waals surface area contributed by atoms with E-state index in [0.717, 1.165) is 67.3 Å². The number of aromatic nitrogens is 1. The third-order valence-electron chi connectivity index (χ3n) is 8.99. The number of benzene rings is 6. The van der Waals surface area contributed by atoms with Crippen molar-refractivity contribution in [3.63, 3.8) is 0 Å². The minimum absolute atomic E-state index is 0.613. The van der Waals surface area contributed by atoms with Gasteiger partial charge in [-0.3, -0.25) is 0 Å². The fourth-order valence-corrected chi connectivity index (χ4v) is 6.34. The van der Waals surface area contributed by atoms with Crippen LogP contribution in [0.2, 0.25) is 0 Å². The van der Waals surface area contributed by atoms with E-state index in [9.17, 15) is 0 Å². The second-order valence-corrected chi connectivity index (χ2v) is 12.1. The van der Waals surface area contributed by atoms with Crippen molar-refractivity contribution in [2.45, 2.75) is 13.1 Å². The first kappa shape index (κ1) is 30.1. The maximum Gasteiger partial charge on any atom is 0.379 e. The number of ether oxygens (including phenoxy) is 1. The van der Waals surface area contributed by atoms with Gasteiger partial charge in [0, 0.05) is 11.6 Å². The zero-order chi connectivity index (χ0) is 33.2. The van der Waals surface area contributed by atoms with E-state index in [1.54, 1.807) is 0 Å². The van der Waals surface area contributed by atoms with Crippen molar-refractivity contribution in [1.82, 2.24) is 0 Å². The summed E-state index contributed by atoms with van der Waals surface area (Å²) in [6, 6.07) is 50.3. The maximum absolute atomic E-state index is 6.64. The fourth-order valence-electron chi connectivity index (χ4n) is 6.34. The molecule has 0 bridgehead atoms. The molecule has 240 valence electrons. The molecule has 6 aromatic carbocycles. The van der Waals surface area contributed by atoms with E-state index >= 15 is 0 Å². The number of fused-ring (bicyclic) bond motifs is 2. The third-order valence-corrected chi connectivity index (χ3v) is 8.99. The van der Waals surface area contributed by atoms with E-state index in [0.29, 0.717) is 24.9 Å². The molecule has 49 heavy (non-hydrogen) atoms. The highest BCUT2D eigenvalue weighted by molar-refractivity contribution is 5.80. The minimum Gasteiger partial charge on any atom is -0.687 e. The summed E-state index contributed by atoms with van der Waals surface area (Å²) in [5.74, 6) is 2.19. The van der Waals surface area contributed by atoms with Gasteiger partial charge in [0.2, 0.25) is 11.5 Å². The predicted molar refractivity (Wildman–Crippen MR) is 198 cm³/mol. The van der Waals surface area contributed by atoms with Gasteiger partial charge in [-0.05, 0) is 46.0 Å². The molecule has 0 radical (unpaired) electrons. The summed E-state index contributed by atoms with van der Waals surface area (Å²) < 4.78 is 15.5. The summed E-state index contributed by atoms with van der Waals surface area (Å²) in [6.45, 7) is 1.23. The van der Waals surface area contributed by atoms with Crippen molar-refractivity contribution >= 4 is 34.2 Å². The van der Waals surface area contributed by atoms with Crippen LogP contribution in [0.15, 0.2) is 156 Å². The Morgan fingerprint density at radius 1 is 0.612 bits per heavy atom. The molecule has 0 unspecified atom stereocenters. The van der Waals surface area contributed by atoms with Crippen LogP contribution < -0.4 is 14.2 Å². The lowest BCUT2D eigenvalue weighted by Gasteiger charge is -2.20. The molecule has 0 atom stereocenters. The van der Waals surface area contributed by atoms with Crippen LogP contribution in [-0.4, -0.2) is 14.1 Å². The topological polar surface area (TPSA) is 57.7 Å². The quantitative estimate of drug-likeness (QED) is 0.148. The Morgan fingerprint density at radius 2 is 1.20 bits per heavy atom. The highest BCUT2D eigenvalue weighted by Gasteiger charge is 2.31. The van der Waals surface area contributed by atoms with Gasteiger partial charge in [0.25, 0.3) is 5.52 Å². The first-order valence-corrected chi connectivity index (χ1v) is 16.4. The molecule has 0 fully saturated rings. The number of anilines is 1. The average Bonchev–Trinajstić information content (AvgIpc) is 3.68. The van der Waals surface area contributed by atoms with Crippen LogP contribution in [0.1, 0.15) is 17.0 Å². The second-order valence-electron chi connectivity index (χ2n) is 12.1. The highest BCUT2D eigenvalue weighted by atomic mass is 16.5. The van der Waals surface area contributed by atoms with E-state index in [4.69, 9.17) is 9.15 Å². The molecular weight excluding hydrogens is 604 g/mol. The van der Waals surface area contributed by atoms with Gasteiger partial charge in [0.1, 0.15) is 6.08 Å². The van der Waals surface area contributed by atoms with E-state index in [1.807, 2.05) is 56.6 Å². The third kappa shape index (κ3) is 6.12. The van der Waals surface area contributed by atoms with Crippen molar-refractivity contribution in [3.8, 4) is 28.0 Å². The molecule has 7 aromatic rings. The van der Waals surface area contributed by atoms with Crippen molar-refractivity contribution < 1.29 is 13.7 Å². The smallest absolute Gasteiger partial charge is 0.379 e. The summed E-state index contributed by atoms with van der Waals surface area (Å²) >= 11 is 0. The van der Waals surface area contributed by atoms with Gasteiger partial charge in [-0.2, -0.15) is 4.57 Å². The lowest BCUT2D eigenvalue weighted by molar-refractivity contribution is -0.669. The largest absolute Gasteiger partial charge is 0.687 e. The van der Waals surface area contributed by atoms with E-state index < -0.39 is 0 Å². The molecule has 1 aliphatic heterocycles. The Labute approximate surface area is 286 Å². The summed E-state index contributed by atoms with van der Waals surface area (Å²) in [7, 11) is 3.62. The molecule has 6 nitrogen and oxygen atoms in total. The number of oxazole rings is 1. The summed E-state index contributed by atoms with van der Waals surface area (Å²) in [5.41, 5.74) is 11.6. The lowest BCUT2D eigenvalue weighted by atomic mass is 10.0. The summed E-state index contributed by atoms with van der Waals surface area (Å²) in [4.78, 5) is 2.23. The molecule has 1 aliphatic rings. The van der Waals surface area contributed by atoms with Crippen LogP contribution in [0.25, 0.3) is 50.1 Å². The van der Waals surface area contributed by atoms with Gasteiger partial charge >= 0.3 is 5.89 Å². The molecule has 6 heteroatoms. The molecule has 0 aliphatic carbocycles. The van der Waals surface area contributed by atoms with E-state index in [1.165, 1.54) is 0 Å². The molecule has 2 heterocycles. The molecule has 0 amide bonds. The Kier molecular flexibility index (Phi) is 8.04. The standard InChI is InChI=1S/C43H35N4O2/c1-44-36-19-13-30(14-20-36)28-46-38-25-34(32-9-5-3-6-10-32)17-23-40(38)48-42(46)27-43-47(29-31-15-21-37(45-2)22-16-31)39-26-35(18-24-41(39)49-43)33-11-7-4-8-12-33/h3-27H,28-29H2,1-2H3/q-1. The SMILES string of the molecule is C[N-]c1ccc(CN2C(=Cc3oc4ccc(-c5ccccc5)cc4[n+]3Cc3ccc([N-]C)cc3)Oc3ccc(-c4ccccc4)cc32)cc1. The monoisotopic (exact) mass is 639 g/mol. The van der Waals surface area contributed by atoms with Crippen LogP contribution in [-0.2, 0) is 13.1 Å². The van der Waals surface area contributed by atoms with Gasteiger partial charge < -0.3 is 24.7 Å². The molecule has 0 N–H and O–H groups in total. The van der Waals surface area contributed by atoms with Crippen molar-refractivity contribution in [3.05, 3.63) is 179 Å². The normalized spacial score (nSPS) is 13.0. The zero-order valence-corrected chi connectivity index (χ0v) is 27.5. The van der Waals surface area contributed by atoms with Crippen molar-refractivity contribution in [1.29, 1.82) is 0 Å². The Morgan fingerprint density at radius 3 is 1.84 bits per heavy atom. The Bertz CT molecular complexity index is 2260. The molecular formula is C43H35N4O2-. The maximum atomic E-state index is 6.64. The molecule has 8 rings (SSSR count). The van der Waals surface area contributed by atoms with Crippen LogP contribution in [0.4, 0.5) is 17.1 Å². The van der Waals surface area contributed by atoms with Crippen LogP contribution in [0, 0.1) is 0 Å². The average molecular weight is 640 g/mol. The second kappa shape index (κ2) is 13.1. The Hall–Kier alpha value is -6.27. The fraction of sp³-hybridized carbons (Fsp3) is 0.0930. The lowest BCUT2D eigenvalue weighted by Crippen LogP contribution is -2.36. The molecule has 0 saturated heterocycles. The minimum atomic E-state index is 0.613.